The number of aliphatic hydroxyl groups is 1. The highest BCUT2D eigenvalue weighted by atomic mass is 19.4. The fraction of sp³-hybridized carbons (Fsp3) is 0.625. The van der Waals surface area contributed by atoms with E-state index < -0.39 is 17.5 Å². The third-order valence-electron chi connectivity index (χ3n) is 2.12. The minimum atomic E-state index is -4.46. The largest absolute Gasteiger partial charge is 0.433 e. The van der Waals surface area contributed by atoms with Gasteiger partial charge in [-0.25, -0.2) is 0 Å². The molecule has 1 unspecified atom stereocenters. The maximum atomic E-state index is 12.1. The van der Waals surface area contributed by atoms with Gasteiger partial charge in [-0.15, -0.1) is 0 Å². The summed E-state index contributed by atoms with van der Waals surface area (Å²) in [5.74, 6) is 0. The van der Waals surface area contributed by atoms with Gasteiger partial charge in [-0.2, -0.15) is 13.2 Å². The molecule has 1 heterocycles. The average Bonchev–Trinajstić information content (AvgIpc) is 1.79. The van der Waals surface area contributed by atoms with Crippen molar-refractivity contribution in [1.29, 1.82) is 0 Å². The number of halogens is 3. The molecule has 1 aliphatic heterocycles. The lowest BCUT2D eigenvalue weighted by atomic mass is 9.87. The Hall–Kier alpha value is -0.840. The molecule has 1 atom stereocenters. The Balaban J connectivity index is 2.80. The van der Waals surface area contributed by atoms with Gasteiger partial charge in [0.25, 0.3) is 0 Å². The van der Waals surface area contributed by atoms with Crippen molar-refractivity contribution >= 4 is 5.71 Å². The van der Waals surface area contributed by atoms with E-state index in [-0.39, 0.29) is 12.0 Å². The normalized spacial score (nSPS) is 21.4. The van der Waals surface area contributed by atoms with Crippen LogP contribution in [0.1, 0.15) is 20.3 Å². The highest BCUT2D eigenvalue weighted by Gasteiger charge is 2.46. The van der Waals surface area contributed by atoms with Crippen LogP contribution in [-0.4, -0.2) is 22.6 Å². The van der Waals surface area contributed by atoms with Crippen molar-refractivity contribution in [2.45, 2.75) is 32.0 Å². The third-order valence-corrected chi connectivity index (χ3v) is 2.12. The smallest absolute Gasteiger partial charge is 0.385 e. The summed E-state index contributed by atoms with van der Waals surface area (Å²) in [6.45, 7) is 2.96. The molecule has 1 aliphatic rings. The minimum absolute atomic E-state index is 0.123. The molecule has 2 nitrogen and oxygen atoms in total. The Morgan fingerprint density at radius 1 is 1.46 bits per heavy atom. The van der Waals surface area contributed by atoms with Crippen LogP contribution in [0.5, 0.6) is 0 Å². The molecular weight excluding hydrogens is 183 g/mol. The molecule has 5 heteroatoms. The summed E-state index contributed by atoms with van der Waals surface area (Å²) in [7, 11) is 0. The molecule has 0 aromatic heterocycles. The van der Waals surface area contributed by atoms with Gasteiger partial charge in [0, 0.05) is 11.8 Å². The van der Waals surface area contributed by atoms with E-state index in [1.54, 1.807) is 6.92 Å². The quantitative estimate of drug-likeness (QED) is 0.715. The van der Waals surface area contributed by atoms with E-state index in [2.05, 4.69) is 4.99 Å². The first kappa shape index (κ1) is 10.2. The van der Waals surface area contributed by atoms with Crippen molar-refractivity contribution in [3.63, 3.8) is 0 Å². The SMILES string of the molecule is CCC(C)(O)C1=CN=C1C(F)(F)F. The van der Waals surface area contributed by atoms with Crippen LogP contribution in [0, 0.1) is 0 Å². The van der Waals surface area contributed by atoms with Crippen molar-refractivity contribution in [3.05, 3.63) is 11.8 Å². The molecule has 0 aliphatic carbocycles. The number of alkyl halides is 3. The molecule has 0 radical (unpaired) electrons. The van der Waals surface area contributed by atoms with Crippen LogP contribution in [-0.2, 0) is 0 Å². The molecule has 0 amide bonds. The topological polar surface area (TPSA) is 32.6 Å². The molecule has 0 fully saturated rings. The first-order valence-electron chi connectivity index (χ1n) is 3.87. The van der Waals surface area contributed by atoms with Crippen molar-refractivity contribution in [1.82, 2.24) is 0 Å². The van der Waals surface area contributed by atoms with Crippen molar-refractivity contribution < 1.29 is 18.3 Å². The highest BCUT2D eigenvalue weighted by Crippen LogP contribution is 2.34. The van der Waals surface area contributed by atoms with Gasteiger partial charge in [0.1, 0.15) is 0 Å². The lowest BCUT2D eigenvalue weighted by Gasteiger charge is -2.30. The van der Waals surface area contributed by atoms with E-state index in [4.69, 9.17) is 0 Å². The summed E-state index contributed by atoms with van der Waals surface area (Å²) in [5.41, 5.74) is -2.51. The van der Waals surface area contributed by atoms with E-state index in [0.717, 1.165) is 6.20 Å². The van der Waals surface area contributed by atoms with Crippen LogP contribution in [0.2, 0.25) is 0 Å². The first-order valence-corrected chi connectivity index (χ1v) is 3.87. The van der Waals surface area contributed by atoms with E-state index in [9.17, 15) is 18.3 Å². The zero-order chi connectivity index (χ0) is 10.3. The van der Waals surface area contributed by atoms with E-state index in [0.29, 0.717) is 0 Å². The Kier molecular flexibility index (Phi) is 2.23. The van der Waals surface area contributed by atoms with Crippen LogP contribution in [0.25, 0.3) is 0 Å². The predicted molar refractivity (Wildman–Crippen MR) is 42.5 cm³/mol. The maximum absolute atomic E-state index is 12.1. The predicted octanol–water partition coefficient (Wildman–Crippen LogP) is 2.05. The summed E-state index contributed by atoms with van der Waals surface area (Å²) in [4.78, 5) is 3.11. The summed E-state index contributed by atoms with van der Waals surface area (Å²) >= 11 is 0. The molecule has 0 saturated heterocycles. The number of nitrogens with zero attached hydrogens (tertiary/aromatic N) is 1. The Morgan fingerprint density at radius 3 is 2.23 bits per heavy atom. The van der Waals surface area contributed by atoms with E-state index in [1.165, 1.54) is 6.92 Å². The van der Waals surface area contributed by atoms with Crippen LogP contribution in [0.3, 0.4) is 0 Å². The van der Waals surface area contributed by atoms with Gasteiger partial charge in [0.2, 0.25) is 0 Å². The number of hydrogen-bond acceptors (Lipinski definition) is 2. The number of hydrogen-bond donors (Lipinski definition) is 1. The minimum Gasteiger partial charge on any atom is -0.385 e. The molecule has 1 rings (SSSR count). The zero-order valence-electron chi connectivity index (χ0n) is 7.31. The lowest BCUT2D eigenvalue weighted by Crippen LogP contribution is -2.40. The molecule has 74 valence electrons. The third kappa shape index (κ3) is 1.75. The maximum Gasteiger partial charge on any atom is 0.433 e. The molecule has 0 bridgehead atoms. The molecule has 1 N–H and O–H groups in total. The molecule has 0 aromatic rings. The highest BCUT2D eigenvalue weighted by molar-refractivity contribution is 6.09. The summed E-state index contributed by atoms with van der Waals surface area (Å²) in [6.07, 6.45) is -3.16. The molecule has 0 saturated carbocycles. The van der Waals surface area contributed by atoms with Crippen molar-refractivity contribution in [2.75, 3.05) is 0 Å². The monoisotopic (exact) mass is 193 g/mol. The summed E-state index contributed by atoms with van der Waals surface area (Å²) in [5, 5.41) is 9.53. The van der Waals surface area contributed by atoms with Gasteiger partial charge in [-0.3, -0.25) is 4.99 Å². The van der Waals surface area contributed by atoms with E-state index in [1.807, 2.05) is 0 Å². The van der Waals surface area contributed by atoms with Crippen LogP contribution in [0.4, 0.5) is 13.2 Å². The van der Waals surface area contributed by atoms with Gasteiger partial charge in [-0.05, 0) is 13.3 Å². The van der Waals surface area contributed by atoms with Gasteiger partial charge in [0.15, 0.2) is 5.71 Å². The second-order valence-electron chi connectivity index (χ2n) is 3.15. The number of rotatable bonds is 2. The fourth-order valence-corrected chi connectivity index (χ4v) is 1.00. The fourth-order valence-electron chi connectivity index (χ4n) is 1.00. The molecule has 0 aromatic carbocycles. The Bertz CT molecular complexity index is 276. The number of aliphatic imine (C=N–C) groups is 1. The van der Waals surface area contributed by atoms with E-state index >= 15 is 0 Å². The second kappa shape index (κ2) is 2.83. The molecule has 0 spiro atoms. The second-order valence-corrected chi connectivity index (χ2v) is 3.15. The Morgan fingerprint density at radius 2 is 2.00 bits per heavy atom. The van der Waals surface area contributed by atoms with Crippen LogP contribution < -0.4 is 0 Å². The van der Waals surface area contributed by atoms with Gasteiger partial charge in [0.05, 0.1) is 5.60 Å². The zero-order valence-corrected chi connectivity index (χ0v) is 7.31. The first-order chi connectivity index (χ1) is 5.79. The lowest BCUT2D eigenvalue weighted by molar-refractivity contribution is -0.0612. The van der Waals surface area contributed by atoms with Crippen LogP contribution in [0.15, 0.2) is 16.8 Å². The summed E-state index contributed by atoms with van der Waals surface area (Å²) < 4.78 is 36.4. The summed E-state index contributed by atoms with van der Waals surface area (Å²) in [6, 6.07) is 0. The molecule has 13 heavy (non-hydrogen) atoms. The van der Waals surface area contributed by atoms with Gasteiger partial charge >= 0.3 is 6.18 Å². The average molecular weight is 193 g/mol. The van der Waals surface area contributed by atoms with Gasteiger partial charge in [-0.1, -0.05) is 6.92 Å². The van der Waals surface area contributed by atoms with Crippen molar-refractivity contribution in [2.24, 2.45) is 4.99 Å². The Labute approximate surface area is 73.8 Å². The van der Waals surface area contributed by atoms with Crippen LogP contribution >= 0.6 is 0 Å². The standard InChI is InChI=1S/C8H10F3NO/c1-3-7(2,13)5-4-12-6(5)8(9,10)11/h4,13H,3H2,1-2H3. The molecular formula is C8H10F3NO. The van der Waals surface area contributed by atoms with Crippen molar-refractivity contribution in [3.8, 4) is 0 Å². The van der Waals surface area contributed by atoms with Gasteiger partial charge < -0.3 is 5.11 Å².